The number of para-hydroxylation sites is 1. The first-order chi connectivity index (χ1) is 15.6. The third-order valence-electron chi connectivity index (χ3n) is 6.11. The first-order valence-corrected chi connectivity index (χ1v) is 11.3. The molecule has 0 aromatic heterocycles. The SMILES string of the molecule is O=C(CN1CCC(NC(=O)c2ccc(CN3CCCC3=O)cc2)CC1)Nc1ccccc1. The minimum atomic E-state index is -0.0749. The summed E-state index contributed by atoms with van der Waals surface area (Å²) in [5.41, 5.74) is 2.47. The summed E-state index contributed by atoms with van der Waals surface area (Å²) in [5.74, 6) is 0.110. The van der Waals surface area contributed by atoms with Crippen molar-refractivity contribution in [2.75, 3.05) is 31.5 Å². The van der Waals surface area contributed by atoms with Crippen LogP contribution in [0.4, 0.5) is 5.69 Å². The maximum atomic E-state index is 12.6. The third kappa shape index (κ3) is 5.95. The molecule has 7 nitrogen and oxygen atoms in total. The van der Waals surface area contributed by atoms with Crippen molar-refractivity contribution in [2.24, 2.45) is 0 Å². The molecule has 2 saturated heterocycles. The molecule has 0 unspecified atom stereocenters. The summed E-state index contributed by atoms with van der Waals surface area (Å²) in [6, 6.07) is 17.1. The zero-order valence-corrected chi connectivity index (χ0v) is 18.3. The molecule has 7 heteroatoms. The van der Waals surface area contributed by atoms with Gasteiger partial charge in [-0.05, 0) is 49.1 Å². The van der Waals surface area contributed by atoms with Crippen LogP contribution in [0.3, 0.4) is 0 Å². The Morgan fingerprint density at radius 1 is 0.938 bits per heavy atom. The van der Waals surface area contributed by atoms with E-state index in [9.17, 15) is 14.4 Å². The van der Waals surface area contributed by atoms with E-state index >= 15 is 0 Å². The van der Waals surface area contributed by atoms with Gasteiger partial charge in [0.25, 0.3) is 5.91 Å². The van der Waals surface area contributed by atoms with E-state index in [1.165, 1.54) is 0 Å². The Bertz CT molecular complexity index is 937. The summed E-state index contributed by atoms with van der Waals surface area (Å²) >= 11 is 0. The Morgan fingerprint density at radius 3 is 2.31 bits per heavy atom. The molecule has 0 aliphatic carbocycles. The van der Waals surface area contributed by atoms with Gasteiger partial charge in [-0.3, -0.25) is 19.3 Å². The molecule has 0 saturated carbocycles. The second-order valence-corrected chi connectivity index (χ2v) is 8.55. The van der Waals surface area contributed by atoms with Crippen molar-refractivity contribution in [3.8, 4) is 0 Å². The minimum Gasteiger partial charge on any atom is -0.349 e. The number of hydrogen-bond acceptors (Lipinski definition) is 4. The number of carbonyl (C=O) groups is 3. The average molecular weight is 435 g/mol. The maximum absolute atomic E-state index is 12.6. The van der Waals surface area contributed by atoms with E-state index < -0.39 is 0 Å². The molecule has 2 N–H and O–H groups in total. The lowest BCUT2D eigenvalue weighted by Gasteiger charge is -2.31. The number of likely N-dealkylation sites (tertiary alicyclic amines) is 2. The average Bonchev–Trinajstić information content (AvgIpc) is 3.20. The minimum absolute atomic E-state index is 0.0191. The van der Waals surface area contributed by atoms with Gasteiger partial charge >= 0.3 is 0 Å². The van der Waals surface area contributed by atoms with Crippen LogP contribution in [0, 0.1) is 0 Å². The highest BCUT2D eigenvalue weighted by atomic mass is 16.2. The number of nitrogens with zero attached hydrogens (tertiary/aromatic N) is 2. The van der Waals surface area contributed by atoms with Gasteiger partial charge < -0.3 is 15.5 Å². The van der Waals surface area contributed by atoms with Crippen molar-refractivity contribution < 1.29 is 14.4 Å². The lowest BCUT2D eigenvalue weighted by Crippen LogP contribution is -2.46. The molecule has 2 aromatic carbocycles. The van der Waals surface area contributed by atoms with E-state index in [1.54, 1.807) is 0 Å². The molecule has 0 spiro atoms. The fraction of sp³-hybridized carbons (Fsp3) is 0.400. The number of piperidine rings is 1. The van der Waals surface area contributed by atoms with Crippen LogP contribution in [0.15, 0.2) is 54.6 Å². The van der Waals surface area contributed by atoms with Crippen molar-refractivity contribution in [1.29, 1.82) is 0 Å². The van der Waals surface area contributed by atoms with E-state index in [0.717, 1.165) is 50.1 Å². The molecule has 0 radical (unpaired) electrons. The van der Waals surface area contributed by atoms with Gasteiger partial charge in [-0.25, -0.2) is 0 Å². The topological polar surface area (TPSA) is 81.8 Å². The Hall–Kier alpha value is -3.19. The molecule has 0 bridgehead atoms. The number of rotatable bonds is 7. The first-order valence-electron chi connectivity index (χ1n) is 11.3. The molecule has 0 atom stereocenters. The molecular formula is C25H30N4O3. The highest BCUT2D eigenvalue weighted by Gasteiger charge is 2.23. The largest absolute Gasteiger partial charge is 0.349 e. The predicted molar refractivity (Wildman–Crippen MR) is 123 cm³/mol. The van der Waals surface area contributed by atoms with Gasteiger partial charge in [-0.1, -0.05) is 30.3 Å². The van der Waals surface area contributed by atoms with Crippen molar-refractivity contribution in [1.82, 2.24) is 15.1 Å². The summed E-state index contributed by atoms with van der Waals surface area (Å²) in [5, 5.41) is 6.03. The Balaban J connectivity index is 1.19. The first kappa shape index (κ1) is 22.0. The van der Waals surface area contributed by atoms with E-state index in [2.05, 4.69) is 15.5 Å². The number of benzene rings is 2. The van der Waals surface area contributed by atoms with Crippen LogP contribution >= 0.6 is 0 Å². The standard InChI is InChI=1S/C25H30N4O3/c30-23(26-21-5-2-1-3-6-21)18-28-15-12-22(13-16-28)27-25(32)20-10-8-19(9-11-20)17-29-14-4-7-24(29)31/h1-3,5-6,8-11,22H,4,7,12-18H2,(H,26,30)(H,27,32). The lowest BCUT2D eigenvalue weighted by molar-refractivity contribution is -0.128. The van der Waals surface area contributed by atoms with Crippen LogP contribution in [0.2, 0.25) is 0 Å². The van der Waals surface area contributed by atoms with Crippen LogP contribution in [-0.2, 0) is 16.1 Å². The molecule has 2 fully saturated rings. The van der Waals surface area contributed by atoms with Gasteiger partial charge in [-0.15, -0.1) is 0 Å². The Morgan fingerprint density at radius 2 is 1.66 bits per heavy atom. The number of anilines is 1. The van der Waals surface area contributed by atoms with Gasteiger partial charge in [0.1, 0.15) is 0 Å². The van der Waals surface area contributed by atoms with Gasteiger partial charge in [-0.2, -0.15) is 0 Å². The fourth-order valence-corrected chi connectivity index (χ4v) is 4.28. The molecule has 2 aliphatic rings. The van der Waals surface area contributed by atoms with Crippen LogP contribution in [0.1, 0.15) is 41.6 Å². The number of carbonyl (C=O) groups excluding carboxylic acids is 3. The molecular weight excluding hydrogens is 404 g/mol. The van der Waals surface area contributed by atoms with Crippen molar-refractivity contribution in [2.45, 2.75) is 38.3 Å². The van der Waals surface area contributed by atoms with E-state index in [4.69, 9.17) is 0 Å². The summed E-state index contributed by atoms with van der Waals surface area (Å²) in [6.07, 6.45) is 3.20. The monoisotopic (exact) mass is 434 g/mol. The van der Waals surface area contributed by atoms with Gasteiger partial charge in [0.2, 0.25) is 11.8 Å². The fourth-order valence-electron chi connectivity index (χ4n) is 4.28. The van der Waals surface area contributed by atoms with Gasteiger partial charge in [0.15, 0.2) is 0 Å². The van der Waals surface area contributed by atoms with Crippen molar-refractivity contribution in [3.63, 3.8) is 0 Å². The van der Waals surface area contributed by atoms with Gasteiger partial charge in [0, 0.05) is 49.9 Å². The van der Waals surface area contributed by atoms with Crippen LogP contribution < -0.4 is 10.6 Å². The second-order valence-electron chi connectivity index (χ2n) is 8.55. The molecule has 2 aliphatic heterocycles. The highest BCUT2D eigenvalue weighted by molar-refractivity contribution is 5.94. The molecule has 4 rings (SSSR count). The quantitative estimate of drug-likeness (QED) is 0.702. The summed E-state index contributed by atoms with van der Waals surface area (Å²) in [4.78, 5) is 40.6. The number of nitrogens with one attached hydrogen (secondary N) is 2. The number of amides is 3. The van der Waals surface area contributed by atoms with Crippen LogP contribution in [-0.4, -0.2) is 59.7 Å². The lowest BCUT2D eigenvalue weighted by atomic mass is 10.0. The Kier molecular flexibility index (Phi) is 7.17. The zero-order valence-electron chi connectivity index (χ0n) is 18.3. The molecule has 3 amide bonds. The highest BCUT2D eigenvalue weighted by Crippen LogP contribution is 2.16. The van der Waals surface area contributed by atoms with Gasteiger partial charge in [0.05, 0.1) is 6.54 Å². The van der Waals surface area contributed by atoms with Crippen molar-refractivity contribution >= 4 is 23.4 Å². The second kappa shape index (κ2) is 10.4. The summed E-state index contributed by atoms with van der Waals surface area (Å²) in [7, 11) is 0. The van der Waals surface area contributed by atoms with E-state index in [0.29, 0.717) is 25.1 Å². The summed E-state index contributed by atoms with van der Waals surface area (Å²) < 4.78 is 0. The molecule has 32 heavy (non-hydrogen) atoms. The smallest absolute Gasteiger partial charge is 0.251 e. The van der Waals surface area contributed by atoms with Crippen LogP contribution in [0.5, 0.6) is 0 Å². The van der Waals surface area contributed by atoms with E-state index in [-0.39, 0.29) is 23.8 Å². The molecule has 2 heterocycles. The van der Waals surface area contributed by atoms with Crippen LogP contribution in [0.25, 0.3) is 0 Å². The van der Waals surface area contributed by atoms with E-state index in [1.807, 2.05) is 59.5 Å². The maximum Gasteiger partial charge on any atom is 0.251 e. The number of hydrogen-bond donors (Lipinski definition) is 2. The third-order valence-corrected chi connectivity index (χ3v) is 6.11. The Labute approximate surface area is 188 Å². The predicted octanol–water partition coefficient (Wildman–Crippen LogP) is 2.64. The summed E-state index contributed by atoms with van der Waals surface area (Å²) in [6.45, 7) is 3.33. The zero-order chi connectivity index (χ0) is 22.3. The molecule has 2 aromatic rings. The van der Waals surface area contributed by atoms with Crippen molar-refractivity contribution in [3.05, 3.63) is 65.7 Å². The normalized spacial score (nSPS) is 17.4. The molecule has 168 valence electrons.